The summed E-state index contributed by atoms with van der Waals surface area (Å²) >= 11 is 2.89. The van der Waals surface area contributed by atoms with Crippen LogP contribution in [0, 0.1) is 43.4 Å². The topological polar surface area (TPSA) is 109 Å². The molecule has 2 aliphatic heterocycles. The maximum absolute atomic E-state index is 14.0. The van der Waals surface area contributed by atoms with E-state index in [9.17, 15) is 19.2 Å². The van der Waals surface area contributed by atoms with E-state index in [-0.39, 0.29) is 70.0 Å². The number of thioether (sulfide) groups is 1. The third kappa shape index (κ3) is 4.65. The molecule has 45 heavy (non-hydrogen) atoms. The van der Waals surface area contributed by atoms with Gasteiger partial charge in [-0.1, -0.05) is 53.3 Å². The number of carbonyl (C=O) groups is 3. The van der Waals surface area contributed by atoms with Crippen molar-refractivity contribution >= 4 is 52.2 Å². The lowest BCUT2D eigenvalue weighted by molar-refractivity contribution is -0.123. The second-order valence-electron chi connectivity index (χ2n) is 12.6. The van der Waals surface area contributed by atoms with Gasteiger partial charge in [-0.05, 0) is 85.5 Å². The highest BCUT2D eigenvalue weighted by molar-refractivity contribution is 8.00. The van der Waals surface area contributed by atoms with Crippen LogP contribution in [0.2, 0.25) is 0 Å². The molecule has 8 nitrogen and oxygen atoms in total. The molecular formula is C35H31N3O5S2. The molecule has 10 heteroatoms. The van der Waals surface area contributed by atoms with E-state index in [1.165, 1.54) is 16.2 Å². The molecule has 4 aromatic rings. The number of H-pyrrole nitrogens is 1. The molecule has 1 saturated heterocycles. The maximum Gasteiger partial charge on any atom is 0.305 e. The van der Waals surface area contributed by atoms with Gasteiger partial charge in [0.25, 0.3) is 5.91 Å². The summed E-state index contributed by atoms with van der Waals surface area (Å²) < 4.78 is 5.95. The molecule has 8 rings (SSSR count). The normalized spacial score (nSPS) is 27.7. The summed E-state index contributed by atoms with van der Waals surface area (Å²) in [6.45, 7) is 3.81. The lowest BCUT2D eigenvalue weighted by Crippen LogP contribution is -2.42. The van der Waals surface area contributed by atoms with Gasteiger partial charge in [0, 0.05) is 21.7 Å². The maximum atomic E-state index is 14.0. The summed E-state index contributed by atoms with van der Waals surface area (Å²) in [5.41, 5.74) is 4.45. The fourth-order valence-electron chi connectivity index (χ4n) is 8.20. The van der Waals surface area contributed by atoms with Gasteiger partial charge in [0.05, 0.1) is 22.5 Å². The van der Waals surface area contributed by atoms with E-state index in [1.807, 2.05) is 86.6 Å². The molecule has 2 N–H and O–H groups in total. The van der Waals surface area contributed by atoms with Gasteiger partial charge in [-0.25, -0.2) is 0 Å². The molecule has 2 aliphatic carbocycles. The van der Waals surface area contributed by atoms with Crippen molar-refractivity contribution in [3.05, 3.63) is 104 Å². The molecule has 228 valence electrons. The zero-order chi connectivity index (χ0) is 31.0. The highest BCUT2D eigenvalue weighted by Gasteiger charge is 2.69. The number of benzene rings is 3. The fraction of sp³-hybridized carbons (Fsp3) is 0.314. The van der Waals surface area contributed by atoms with Crippen LogP contribution in [0.5, 0.6) is 5.75 Å². The minimum atomic E-state index is -0.366. The number of fused-ring (bicyclic) bond motifs is 9. The van der Waals surface area contributed by atoms with Crippen molar-refractivity contribution in [1.29, 1.82) is 0 Å². The van der Waals surface area contributed by atoms with E-state index in [2.05, 4.69) is 10.3 Å². The predicted molar refractivity (Wildman–Crippen MR) is 174 cm³/mol. The fourth-order valence-corrected chi connectivity index (χ4v) is 11.1. The van der Waals surface area contributed by atoms with Crippen LogP contribution in [0.1, 0.15) is 33.9 Å². The zero-order valence-electron chi connectivity index (χ0n) is 24.7. The number of ether oxygens (including phenoxy) is 1. The van der Waals surface area contributed by atoms with Gasteiger partial charge in [-0.2, -0.15) is 0 Å². The molecule has 2 bridgehead atoms. The molecule has 3 aromatic carbocycles. The first-order valence-corrected chi connectivity index (χ1v) is 16.9. The molecule has 3 heterocycles. The molecule has 4 unspecified atom stereocenters. The summed E-state index contributed by atoms with van der Waals surface area (Å²) in [4.78, 5) is 58.4. The Labute approximate surface area is 268 Å². The van der Waals surface area contributed by atoms with E-state index in [0.717, 1.165) is 33.0 Å². The summed E-state index contributed by atoms with van der Waals surface area (Å²) in [6, 6.07) is 22.9. The average Bonchev–Trinajstić information content (AvgIpc) is 3.75. The van der Waals surface area contributed by atoms with Crippen LogP contribution in [0.25, 0.3) is 0 Å². The average molecular weight is 638 g/mol. The Balaban J connectivity index is 1.09. The molecule has 3 fully saturated rings. The second kappa shape index (κ2) is 10.7. The number of aryl methyl sites for hydroxylation is 2. The van der Waals surface area contributed by atoms with Crippen molar-refractivity contribution in [2.24, 2.45) is 29.6 Å². The summed E-state index contributed by atoms with van der Waals surface area (Å²) in [6.07, 6.45) is 0.821. The monoisotopic (exact) mass is 637 g/mol. The number of hydrogen-bond acceptors (Lipinski definition) is 7. The molecule has 4 aliphatic rings. The lowest BCUT2D eigenvalue weighted by Gasteiger charge is -2.43. The third-order valence-corrected chi connectivity index (χ3v) is 12.5. The first-order chi connectivity index (χ1) is 21.8. The highest BCUT2D eigenvalue weighted by Crippen LogP contribution is 2.68. The largest absolute Gasteiger partial charge is 0.484 e. The number of carbonyl (C=O) groups excluding carboxylic acids is 3. The quantitative estimate of drug-likeness (QED) is 0.261. The van der Waals surface area contributed by atoms with Gasteiger partial charge in [0.1, 0.15) is 5.75 Å². The highest BCUT2D eigenvalue weighted by atomic mass is 32.2. The van der Waals surface area contributed by atoms with E-state index in [1.54, 1.807) is 11.8 Å². The van der Waals surface area contributed by atoms with Crippen LogP contribution in [-0.4, -0.2) is 34.6 Å². The van der Waals surface area contributed by atoms with Crippen molar-refractivity contribution in [1.82, 2.24) is 4.98 Å². The number of amides is 3. The van der Waals surface area contributed by atoms with Gasteiger partial charge < -0.3 is 15.0 Å². The van der Waals surface area contributed by atoms with E-state index in [0.29, 0.717) is 17.1 Å². The molecule has 7 atom stereocenters. The van der Waals surface area contributed by atoms with E-state index in [4.69, 9.17) is 4.74 Å². The number of nitrogens with one attached hydrogen (secondary N) is 2. The van der Waals surface area contributed by atoms with Crippen LogP contribution < -0.4 is 19.8 Å². The number of nitrogens with zero attached hydrogens (tertiary/aromatic N) is 1. The Morgan fingerprint density at radius 1 is 0.933 bits per heavy atom. The minimum absolute atomic E-state index is 0.0180. The Morgan fingerprint density at radius 2 is 1.69 bits per heavy atom. The van der Waals surface area contributed by atoms with Crippen LogP contribution in [0.15, 0.2) is 82.6 Å². The van der Waals surface area contributed by atoms with Crippen LogP contribution in [-0.2, 0) is 14.4 Å². The third-order valence-electron chi connectivity index (χ3n) is 9.91. The van der Waals surface area contributed by atoms with Crippen molar-refractivity contribution in [3.63, 3.8) is 0 Å². The number of thiazole rings is 1. The smallest absolute Gasteiger partial charge is 0.305 e. The summed E-state index contributed by atoms with van der Waals surface area (Å²) in [5, 5.41) is 3.83. The molecule has 3 amide bonds. The number of aromatic nitrogens is 1. The minimum Gasteiger partial charge on any atom is -0.484 e. The molecule has 1 aromatic heterocycles. The van der Waals surface area contributed by atoms with Gasteiger partial charge >= 0.3 is 4.87 Å². The molecule has 0 spiro atoms. The number of aromatic amines is 1. The van der Waals surface area contributed by atoms with Gasteiger partial charge in [-0.3, -0.25) is 24.1 Å². The molecular weight excluding hydrogens is 607 g/mol. The number of anilines is 2. The standard InChI is InChI=1S/C35H31N3O5S2/c1-17-9-11-21(12-10-17)38-33(40)28-23-15-24(29(28)34(38)41)30-27(23)26(31-32(44-30)37-35(42)45-31)19-6-4-8-22(14-19)43-16-25(39)36-20-7-3-5-18(2)13-20/h3-14,23-24,26-30H,15-16H2,1-2H3,(H,36,39)(H,37,42)/t23-,24-,26-,27?,28?,29?,30?/m1/s1. The van der Waals surface area contributed by atoms with Crippen LogP contribution in [0.3, 0.4) is 0 Å². The van der Waals surface area contributed by atoms with Crippen LogP contribution >= 0.6 is 23.1 Å². The Kier molecular flexibility index (Phi) is 6.76. The molecule has 2 saturated carbocycles. The second-order valence-corrected chi connectivity index (χ2v) is 14.8. The van der Waals surface area contributed by atoms with Gasteiger partial charge in [-0.15, -0.1) is 11.8 Å². The van der Waals surface area contributed by atoms with Crippen LogP contribution in [0.4, 0.5) is 11.4 Å². The van der Waals surface area contributed by atoms with Crippen molar-refractivity contribution in [3.8, 4) is 5.75 Å². The Hall–Kier alpha value is -4.15. The zero-order valence-corrected chi connectivity index (χ0v) is 26.3. The molecule has 0 radical (unpaired) electrons. The first-order valence-electron chi connectivity index (χ1n) is 15.2. The summed E-state index contributed by atoms with van der Waals surface area (Å²) in [5.74, 6) is -0.592. The number of hydrogen-bond donors (Lipinski definition) is 2. The van der Waals surface area contributed by atoms with Gasteiger partial charge in [0.15, 0.2) is 6.61 Å². The predicted octanol–water partition coefficient (Wildman–Crippen LogP) is 5.75. The van der Waals surface area contributed by atoms with Crippen molar-refractivity contribution < 1.29 is 19.1 Å². The Bertz CT molecular complexity index is 1920. The van der Waals surface area contributed by atoms with E-state index < -0.39 is 0 Å². The van der Waals surface area contributed by atoms with Crippen molar-refractivity contribution in [2.75, 3.05) is 16.8 Å². The number of rotatable bonds is 6. The summed E-state index contributed by atoms with van der Waals surface area (Å²) in [7, 11) is 0. The lowest BCUT2D eigenvalue weighted by atomic mass is 9.68. The Morgan fingerprint density at radius 3 is 2.47 bits per heavy atom. The van der Waals surface area contributed by atoms with Crippen molar-refractivity contribution in [2.45, 2.75) is 36.5 Å². The van der Waals surface area contributed by atoms with Gasteiger partial charge in [0.2, 0.25) is 11.8 Å². The number of imide groups is 1. The SMILES string of the molecule is Cc1ccc(N2C(=O)C3C(C2=O)[C@@H]2C[C@H]3C3Sc4[nH]c(=O)sc4[C@H](c4cccc(OCC(=O)Nc5cccc(C)c5)c4)C32)cc1. The van der Waals surface area contributed by atoms with E-state index >= 15 is 0 Å². The first kappa shape index (κ1) is 28.3.